The molecule has 1 N–H and O–H groups in total. The van der Waals surface area contributed by atoms with Crippen molar-refractivity contribution in [2.24, 2.45) is 0 Å². The van der Waals surface area contributed by atoms with Crippen LogP contribution in [-0.4, -0.2) is 35.1 Å². The van der Waals surface area contributed by atoms with Gasteiger partial charge >= 0.3 is 0 Å². The van der Waals surface area contributed by atoms with Gasteiger partial charge in [0.05, 0.1) is 25.8 Å². The van der Waals surface area contributed by atoms with Gasteiger partial charge < -0.3 is 0 Å². The third kappa shape index (κ3) is 5.62. The summed E-state index contributed by atoms with van der Waals surface area (Å²) < 4.78 is 27.6. The zero-order valence-corrected chi connectivity index (χ0v) is 20.9. The van der Waals surface area contributed by atoms with E-state index >= 15 is 0 Å². The first kappa shape index (κ1) is 24.7. The molecule has 0 spiro atoms. The minimum atomic E-state index is -3.74. The van der Waals surface area contributed by atoms with Crippen LogP contribution in [0.4, 0.5) is 10.8 Å². The highest BCUT2D eigenvalue weighted by atomic mass is 32.2. The molecule has 2 aromatic carbocycles. The standard InChI is InChI=1S/C23H20N4O5S3/c1-2-26(13-16-6-4-3-5-7-16)35(31,32)19-10-8-17(9-11-19)22(28)25-23-24-20(15-34-23)21-12-18(14-33-21)27(29)30/h3-12,14-15H,2,13H2,1H3,(H,24,25,28). The van der Waals surface area contributed by atoms with Crippen molar-refractivity contribution in [1.82, 2.24) is 9.29 Å². The number of rotatable bonds is 9. The van der Waals surface area contributed by atoms with Crippen molar-refractivity contribution in [1.29, 1.82) is 0 Å². The number of sulfonamides is 1. The van der Waals surface area contributed by atoms with Crippen LogP contribution < -0.4 is 5.32 Å². The Hall–Kier alpha value is -3.45. The van der Waals surface area contributed by atoms with Gasteiger partial charge in [-0.3, -0.25) is 20.2 Å². The van der Waals surface area contributed by atoms with Crippen molar-refractivity contribution in [3.63, 3.8) is 0 Å². The summed E-state index contributed by atoms with van der Waals surface area (Å²) in [5, 5.41) is 17.0. The summed E-state index contributed by atoms with van der Waals surface area (Å²) in [7, 11) is -3.74. The molecular formula is C23H20N4O5S3. The second-order valence-electron chi connectivity index (χ2n) is 7.36. The maximum atomic E-state index is 13.1. The Morgan fingerprint density at radius 3 is 2.43 bits per heavy atom. The normalized spacial score (nSPS) is 11.5. The van der Waals surface area contributed by atoms with Crippen molar-refractivity contribution in [3.05, 3.63) is 92.7 Å². The molecule has 4 aromatic rings. The number of anilines is 1. The minimum absolute atomic E-state index is 0.0102. The summed E-state index contributed by atoms with van der Waals surface area (Å²) in [4.78, 5) is 28.1. The molecule has 0 aliphatic heterocycles. The van der Waals surface area contributed by atoms with Gasteiger partial charge in [0.2, 0.25) is 10.0 Å². The molecule has 2 aromatic heterocycles. The van der Waals surface area contributed by atoms with Gasteiger partial charge in [-0.1, -0.05) is 37.3 Å². The van der Waals surface area contributed by atoms with Crippen LogP contribution in [0.2, 0.25) is 0 Å². The Labute approximate surface area is 209 Å². The summed E-state index contributed by atoms with van der Waals surface area (Å²) >= 11 is 2.39. The average Bonchev–Trinajstić information content (AvgIpc) is 3.53. The van der Waals surface area contributed by atoms with E-state index in [1.807, 2.05) is 30.3 Å². The SMILES string of the molecule is CCN(Cc1ccccc1)S(=O)(=O)c1ccc(C(=O)Nc2nc(-c3cc([N+](=O)[O-])cs3)cs2)cc1. The lowest BCUT2D eigenvalue weighted by molar-refractivity contribution is -0.384. The zero-order valence-electron chi connectivity index (χ0n) is 18.5. The Kier molecular flexibility index (Phi) is 7.36. The van der Waals surface area contributed by atoms with E-state index in [9.17, 15) is 23.3 Å². The smallest absolute Gasteiger partial charge is 0.280 e. The first-order valence-electron chi connectivity index (χ1n) is 10.4. The second kappa shape index (κ2) is 10.4. The molecule has 2 heterocycles. The molecule has 12 heteroatoms. The van der Waals surface area contributed by atoms with Crippen LogP contribution in [0.5, 0.6) is 0 Å². The van der Waals surface area contributed by atoms with Crippen molar-refractivity contribution in [3.8, 4) is 10.6 Å². The van der Waals surface area contributed by atoms with Gasteiger partial charge in [0.15, 0.2) is 5.13 Å². The highest BCUT2D eigenvalue weighted by Gasteiger charge is 2.23. The molecule has 4 rings (SSSR count). The van der Waals surface area contributed by atoms with Gasteiger partial charge in [-0.05, 0) is 29.8 Å². The van der Waals surface area contributed by atoms with E-state index in [0.717, 1.165) is 5.56 Å². The van der Waals surface area contributed by atoms with Crippen LogP contribution in [-0.2, 0) is 16.6 Å². The van der Waals surface area contributed by atoms with Crippen molar-refractivity contribution in [2.75, 3.05) is 11.9 Å². The third-order valence-corrected chi connectivity index (χ3v) is 8.72. The molecule has 0 aliphatic rings. The molecule has 1 amide bonds. The number of hydrogen-bond acceptors (Lipinski definition) is 8. The number of nitro groups is 1. The van der Waals surface area contributed by atoms with Crippen LogP contribution >= 0.6 is 22.7 Å². The lowest BCUT2D eigenvalue weighted by Crippen LogP contribution is -2.30. The van der Waals surface area contributed by atoms with Gasteiger partial charge in [-0.15, -0.1) is 22.7 Å². The number of hydrogen-bond donors (Lipinski definition) is 1. The van der Waals surface area contributed by atoms with Gasteiger partial charge in [0, 0.05) is 30.1 Å². The lowest BCUT2D eigenvalue weighted by atomic mass is 10.2. The number of aromatic nitrogens is 1. The van der Waals surface area contributed by atoms with E-state index < -0.39 is 20.9 Å². The number of nitrogens with one attached hydrogen (secondary N) is 1. The van der Waals surface area contributed by atoms with Crippen LogP contribution in [0.25, 0.3) is 10.6 Å². The van der Waals surface area contributed by atoms with E-state index in [4.69, 9.17) is 0 Å². The van der Waals surface area contributed by atoms with E-state index in [0.29, 0.717) is 22.2 Å². The quantitative estimate of drug-likeness (QED) is 0.234. The fourth-order valence-electron chi connectivity index (χ4n) is 3.25. The fraction of sp³-hybridized carbons (Fsp3) is 0.130. The number of thiophene rings is 1. The maximum absolute atomic E-state index is 13.1. The average molecular weight is 529 g/mol. The van der Waals surface area contributed by atoms with Crippen LogP contribution in [0.1, 0.15) is 22.8 Å². The molecule has 0 saturated heterocycles. The molecule has 9 nitrogen and oxygen atoms in total. The fourth-order valence-corrected chi connectivity index (χ4v) is 6.28. The van der Waals surface area contributed by atoms with Gasteiger partial charge in [-0.2, -0.15) is 4.31 Å². The number of carbonyl (C=O) groups excluding carboxylic acids is 1. The third-order valence-electron chi connectivity index (χ3n) is 5.08. The molecule has 0 fully saturated rings. The zero-order chi connectivity index (χ0) is 25.0. The highest BCUT2D eigenvalue weighted by Crippen LogP contribution is 2.33. The predicted molar refractivity (Wildman–Crippen MR) is 136 cm³/mol. The topological polar surface area (TPSA) is 123 Å². The first-order chi connectivity index (χ1) is 16.8. The number of amides is 1. The maximum Gasteiger partial charge on any atom is 0.280 e. The Morgan fingerprint density at radius 2 is 1.80 bits per heavy atom. The van der Waals surface area contributed by atoms with Crippen molar-refractivity contribution >= 4 is 49.4 Å². The molecule has 0 saturated carbocycles. The van der Waals surface area contributed by atoms with Gasteiger partial charge in [-0.25, -0.2) is 13.4 Å². The number of nitrogens with zero attached hydrogens (tertiary/aromatic N) is 3. The molecule has 0 atom stereocenters. The lowest BCUT2D eigenvalue weighted by Gasteiger charge is -2.20. The van der Waals surface area contributed by atoms with E-state index in [-0.39, 0.29) is 22.7 Å². The summed E-state index contributed by atoms with van der Waals surface area (Å²) in [6.07, 6.45) is 0. The van der Waals surface area contributed by atoms with Gasteiger partial charge in [0.25, 0.3) is 11.6 Å². The Balaban J connectivity index is 1.45. The van der Waals surface area contributed by atoms with Crippen LogP contribution in [0.15, 0.2) is 76.3 Å². The number of benzene rings is 2. The Morgan fingerprint density at radius 1 is 1.09 bits per heavy atom. The van der Waals surface area contributed by atoms with E-state index in [2.05, 4.69) is 10.3 Å². The molecule has 0 bridgehead atoms. The number of carbonyl (C=O) groups is 1. The molecule has 35 heavy (non-hydrogen) atoms. The second-order valence-corrected chi connectivity index (χ2v) is 11.1. The van der Waals surface area contributed by atoms with Crippen LogP contribution in [0.3, 0.4) is 0 Å². The van der Waals surface area contributed by atoms with Crippen molar-refractivity contribution < 1.29 is 18.1 Å². The molecule has 0 aliphatic carbocycles. The van der Waals surface area contributed by atoms with Crippen LogP contribution in [0, 0.1) is 10.1 Å². The highest BCUT2D eigenvalue weighted by molar-refractivity contribution is 7.89. The Bertz CT molecular complexity index is 1450. The molecule has 180 valence electrons. The van der Waals surface area contributed by atoms with E-state index in [1.54, 1.807) is 12.3 Å². The summed E-state index contributed by atoms with van der Waals surface area (Å²) in [6, 6.07) is 16.5. The monoisotopic (exact) mass is 528 g/mol. The molecular weight excluding hydrogens is 508 g/mol. The predicted octanol–water partition coefficient (Wildman–Crippen LogP) is 5.24. The molecule has 0 unspecified atom stereocenters. The summed E-state index contributed by atoms with van der Waals surface area (Å²) in [5.74, 6) is -0.441. The largest absolute Gasteiger partial charge is 0.298 e. The van der Waals surface area contributed by atoms with Gasteiger partial charge in [0.1, 0.15) is 0 Å². The van der Waals surface area contributed by atoms with Crippen molar-refractivity contribution in [2.45, 2.75) is 18.4 Å². The minimum Gasteiger partial charge on any atom is -0.298 e. The summed E-state index contributed by atoms with van der Waals surface area (Å²) in [6.45, 7) is 2.33. The number of thiazole rings is 1. The first-order valence-corrected chi connectivity index (χ1v) is 13.6. The van der Waals surface area contributed by atoms with E-state index in [1.165, 1.54) is 62.7 Å². The molecule has 0 radical (unpaired) electrons. The summed E-state index contributed by atoms with van der Waals surface area (Å²) in [5.41, 5.74) is 1.68.